The van der Waals surface area contributed by atoms with Crippen LogP contribution in [-0.2, 0) is 0 Å². The van der Waals surface area contributed by atoms with Crippen LogP contribution in [0.25, 0.3) is 0 Å². The Morgan fingerprint density at radius 3 is 2.86 bits per heavy atom. The molecule has 21 heavy (non-hydrogen) atoms. The van der Waals surface area contributed by atoms with Crippen molar-refractivity contribution in [3.8, 4) is 0 Å². The highest BCUT2D eigenvalue weighted by molar-refractivity contribution is 5.94. The second-order valence-electron chi connectivity index (χ2n) is 5.49. The number of halogens is 1. The van der Waals surface area contributed by atoms with Crippen molar-refractivity contribution in [3.63, 3.8) is 0 Å². The van der Waals surface area contributed by atoms with Gasteiger partial charge in [0.2, 0.25) is 0 Å². The molecule has 110 valence electrons. The van der Waals surface area contributed by atoms with Crippen LogP contribution in [0, 0.1) is 19.7 Å². The molecule has 4 nitrogen and oxygen atoms in total. The number of hydrogen-bond donors (Lipinski definition) is 0. The summed E-state index contributed by atoms with van der Waals surface area (Å²) in [6.45, 7) is 4.18. The highest BCUT2D eigenvalue weighted by Gasteiger charge is 2.33. The smallest absolute Gasteiger partial charge is 0.254 e. The standard InChI is InChI=1S/C16H17FN2O2/c1-10-5-6-12(9-13(10)17)16(20)19-7-3-4-14(19)15-8-11(2)18-21-15/h5-6,8-9,14H,3-4,7H2,1-2H3/t14-/m0/s1. The molecule has 0 spiro atoms. The number of aromatic nitrogens is 1. The Morgan fingerprint density at radius 2 is 2.19 bits per heavy atom. The maximum atomic E-state index is 13.7. The van der Waals surface area contributed by atoms with E-state index in [1.807, 2.05) is 13.0 Å². The number of nitrogens with zero attached hydrogens (tertiary/aromatic N) is 2. The van der Waals surface area contributed by atoms with E-state index in [4.69, 9.17) is 4.52 Å². The lowest BCUT2D eigenvalue weighted by Gasteiger charge is -2.22. The topological polar surface area (TPSA) is 46.3 Å². The van der Waals surface area contributed by atoms with Gasteiger partial charge in [-0.25, -0.2) is 4.39 Å². The fourth-order valence-electron chi connectivity index (χ4n) is 2.74. The van der Waals surface area contributed by atoms with E-state index in [0.29, 0.717) is 23.4 Å². The number of carbonyl (C=O) groups excluding carboxylic acids is 1. The summed E-state index contributed by atoms with van der Waals surface area (Å²) in [4.78, 5) is 14.3. The van der Waals surface area contributed by atoms with Gasteiger partial charge in [-0.3, -0.25) is 4.79 Å². The van der Waals surface area contributed by atoms with Crippen LogP contribution in [0.3, 0.4) is 0 Å². The lowest BCUT2D eigenvalue weighted by molar-refractivity contribution is 0.0714. The van der Waals surface area contributed by atoms with Crippen molar-refractivity contribution >= 4 is 5.91 Å². The highest BCUT2D eigenvalue weighted by atomic mass is 19.1. The summed E-state index contributed by atoms with van der Waals surface area (Å²) in [5.74, 6) is 0.184. The molecule has 0 aliphatic carbocycles. The fraction of sp³-hybridized carbons (Fsp3) is 0.375. The van der Waals surface area contributed by atoms with E-state index in [0.717, 1.165) is 18.5 Å². The second kappa shape index (κ2) is 5.31. The minimum absolute atomic E-state index is 0.108. The summed E-state index contributed by atoms with van der Waals surface area (Å²) >= 11 is 0. The summed E-state index contributed by atoms with van der Waals surface area (Å²) in [5, 5.41) is 3.88. The molecule has 0 N–H and O–H groups in total. The van der Waals surface area contributed by atoms with Crippen LogP contribution in [0.5, 0.6) is 0 Å². The molecule has 0 bridgehead atoms. The Balaban J connectivity index is 1.87. The predicted molar refractivity (Wildman–Crippen MR) is 75.4 cm³/mol. The Kier molecular flexibility index (Phi) is 3.49. The first kappa shape index (κ1) is 13.8. The molecule has 1 aromatic carbocycles. The first-order valence-corrected chi connectivity index (χ1v) is 7.06. The van der Waals surface area contributed by atoms with Crippen LogP contribution in [0.1, 0.15) is 46.3 Å². The molecule has 0 radical (unpaired) electrons. The minimum atomic E-state index is -0.355. The van der Waals surface area contributed by atoms with Crippen molar-refractivity contribution in [2.45, 2.75) is 32.7 Å². The average molecular weight is 288 g/mol. The molecule has 1 fully saturated rings. The van der Waals surface area contributed by atoms with Gasteiger partial charge in [-0.2, -0.15) is 0 Å². The molecule has 1 saturated heterocycles. The zero-order valence-electron chi connectivity index (χ0n) is 12.1. The minimum Gasteiger partial charge on any atom is -0.359 e. The van der Waals surface area contributed by atoms with Gasteiger partial charge in [-0.05, 0) is 44.4 Å². The maximum Gasteiger partial charge on any atom is 0.254 e. The molecule has 1 aliphatic rings. The Bertz CT molecular complexity index is 681. The van der Waals surface area contributed by atoms with Gasteiger partial charge in [0.15, 0.2) is 5.76 Å². The Hall–Kier alpha value is -2.17. The molecule has 5 heteroatoms. The zero-order chi connectivity index (χ0) is 15.0. The van der Waals surface area contributed by atoms with Crippen LogP contribution >= 0.6 is 0 Å². The van der Waals surface area contributed by atoms with E-state index in [1.165, 1.54) is 6.07 Å². The highest BCUT2D eigenvalue weighted by Crippen LogP contribution is 2.33. The number of rotatable bonds is 2. The molecule has 3 rings (SSSR count). The van der Waals surface area contributed by atoms with Crippen LogP contribution in [0.2, 0.25) is 0 Å². The van der Waals surface area contributed by atoms with Gasteiger partial charge in [-0.1, -0.05) is 11.2 Å². The first-order chi connectivity index (χ1) is 10.1. The van der Waals surface area contributed by atoms with Crippen LogP contribution < -0.4 is 0 Å². The predicted octanol–water partition coefficient (Wildman–Crippen LogP) is 3.41. The molecule has 2 heterocycles. The molecule has 0 saturated carbocycles. The van der Waals surface area contributed by atoms with E-state index >= 15 is 0 Å². The van der Waals surface area contributed by atoms with Crippen molar-refractivity contribution in [2.75, 3.05) is 6.54 Å². The Morgan fingerprint density at radius 1 is 1.38 bits per heavy atom. The third-order valence-electron chi connectivity index (χ3n) is 3.91. The number of carbonyl (C=O) groups is 1. The van der Waals surface area contributed by atoms with Crippen molar-refractivity contribution in [1.29, 1.82) is 0 Å². The summed E-state index contributed by atoms with van der Waals surface area (Å²) in [6, 6.07) is 6.35. The quantitative estimate of drug-likeness (QED) is 0.850. The van der Waals surface area contributed by atoms with Crippen molar-refractivity contribution in [3.05, 3.63) is 52.7 Å². The van der Waals surface area contributed by atoms with E-state index in [2.05, 4.69) is 5.16 Å². The largest absolute Gasteiger partial charge is 0.359 e. The van der Waals surface area contributed by atoms with Crippen LogP contribution in [-0.4, -0.2) is 22.5 Å². The summed E-state index contributed by atoms with van der Waals surface area (Å²) in [6.07, 6.45) is 1.75. The second-order valence-corrected chi connectivity index (χ2v) is 5.49. The van der Waals surface area contributed by atoms with Gasteiger partial charge in [0.1, 0.15) is 5.82 Å². The number of benzene rings is 1. The summed E-state index contributed by atoms with van der Waals surface area (Å²) in [5.41, 5.74) is 1.71. The molecule has 2 aromatic rings. The molecular weight excluding hydrogens is 271 g/mol. The normalized spacial score (nSPS) is 18.2. The summed E-state index contributed by atoms with van der Waals surface area (Å²) < 4.78 is 18.9. The van der Waals surface area contributed by atoms with E-state index in [9.17, 15) is 9.18 Å². The van der Waals surface area contributed by atoms with E-state index in [1.54, 1.807) is 24.0 Å². The third-order valence-corrected chi connectivity index (χ3v) is 3.91. The summed E-state index contributed by atoms with van der Waals surface area (Å²) in [7, 11) is 0. The van der Waals surface area contributed by atoms with Gasteiger partial charge in [-0.15, -0.1) is 0 Å². The van der Waals surface area contributed by atoms with Gasteiger partial charge in [0, 0.05) is 18.2 Å². The number of aryl methyl sites for hydroxylation is 2. The van der Waals surface area contributed by atoms with Crippen molar-refractivity contribution < 1.29 is 13.7 Å². The lowest BCUT2D eigenvalue weighted by Crippen LogP contribution is -2.30. The van der Waals surface area contributed by atoms with Crippen LogP contribution in [0.4, 0.5) is 4.39 Å². The van der Waals surface area contributed by atoms with Gasteiger partial charge >= 0.3 is 0 Å². The monoisotopic (exact) mass is 288 g/mol. The third kappa shape index (κ3) is 2.55. The molecule has 1 aromatic heterocycles. The van der Waals surface area contributed by atoms with E-state index in [-0.39, 0.29) is 17.8 Å². The maximum absolute atomic E-state index is 13.7. The number of likely N-dealkylation sites (tertiary alicyclic amines) is 1. The van der Waals surface area contributed by atoms with Gasteiger partial charge in [0.05, 0.1) is 11.7 Å². The molecular formula is C16H17FN2O2. The fourth-order valence-corrected chi connectivity index (χ4v) is 2.74. The SMILES string of the molecule is Cc1cc([C@@H]2CCCN2C(=O)c2ccc(C)c(F)c2)on1. The average Bonchev–Trinajstić information content (AvgIpc) is 3.09. The molecule has 0 unspecified atom stereocenters. The number of amides is 1. The Labute approximate surface area is 122 Å². The number of hydrogen-bond acceptors (Lipinski definition) is 3. The first-order valence-electron chi connectivity index (χ1n) is 7.06. The van der Waals surface area contributed by atoms with Crippen molar-refractivity contribution in [1.82, 2.24) is 10.1 Å². The van der Waals surface area contributed by atoms with Crippen LogP contribution in [0.15, 0.2) is 28.8 Å². The van der Waals surface area contributed by atoms with Crippen molar-refractivity contribution in [2.24, 2.45) is 0 Å². The molecule has 1 atom stereocenters. The molecule has 1 amide bonds. The van der Waals surface area contributed by atoms with E-state index < -0.39 is 0 Å². The van der Waals surface area contributed by atoms with Gasteiger partial charge < -0.3 is 9.42 Å². The molecule has 1 aliphatic heterocycles. The van der Waals surface area contributed by atoms with Gasteiger partial charge in [0.25, 0.3) is 5.91 Å². The lowest BCUT2D eigenvalue weighted by atomic mass is 10.1. The zero-order valence-corrected chi connectivity index (χ0v) is 12.1.